The summed E-state index contributed by atoms with van der Waals surface area (Å²) in [5, 5.41) is 0. The quantitative estimate of drug-likeness (QED) is 0.816. The van der Waals surface area contributed by atoms with Gasteiger partial charge in [-0.05, 0) is 18.6 Å². The van der Waals surface area contributed by atoms with E-state index in [2.05, 4.69) is 0 Å². The predicted octanol–water partition coefficient (Wildman–Crippen LogP) is 3.85. The van der Waals surface area contributed by atoms with E-state index in [9.17, 15) is 18.0 Å². The Morgan fingerprint density at radius 2 is 1.89 bits per heavy atom. The Labute approximate surface area is 110 Å². The van der Waals surface area contributed by atoms with Gasteiger partial charge in [0.2, 0.25) is 0 Å². The van der Waals surface area contributed by atoms with E-state index in [4.69, 9.17) is 4.74 Å². The molecule has 0 aliphatic rings. The van der Waals surface area contributed by atoms with Gasteiger partial charge in [0.25, 0.3) is 0 Å². The number of alkyl halides is 3. The van der Waals surface area contributed by atoms with Gasteiger partial charge in [-0.25, -0.2) is 4.79 Å². The lowest BCUT2D eigenvalue weighted by atomic mass is 10.3. The molecule has 0 aliphatic carbocycles. The maximum Gasteiger partial charge on any atom is 0.415 e. The van der Waals surface area contributed by atoms with E-state index in [1.807, 2.05) is 6.92 Å². The van der Waals surface area contributed by atoms with Crippen LogP contribution in [0.5, 0.6) is 5.75 Å². The molecule has 0 saturated carbocycles. The Kier molecular flexibility index (Phi) is 5.66. The highest BCUT2D eigenvalue weighted by Crippen LogP contribution is 2.18. The first-order chi connectivity index (χ1) is 8.92. The molecule has 0 N–H and O–H groups in total. The van der Waals surface area contributed by atoms with Crippen LogP contribution in [0.3, 0.4) is 0 Å². The predicted molar refractivity (Wildman–Crippen MR) is 65.0 cm³/mol. The molecule has 0 spiro atoms. The van der Waals surface area contributed by atoms with Crippen LogP contribution >= 0.6 is 0 Å². The van der Waals surface area contributed by atoms with E-state index in [1.54, 1.807) is 18.2 Å². The van der Waals surface area contributed by atoms with Gasteiger partial charge in [-0.1, -0.05) is 31.5 Å². The van der Waals surface area contributed by atoms with E-state index < -0.39 is 18.8 Å². The van der Waals surface area contributed by atoms with Crippen molar-refractivity contribution in [1.29, 1.82) is 0 Å². The highest BCUT2D eigenvalue weighted by Gasteiger charge is 2.33. The molecule has 0 fully saturated rings. The molecular formula is C13H16F3NO2. The Morgan fingerprint density at radius 1 is 1.26 bits per heavy atom. The number of halogens is 3. The van der Waals surface area contributed by atoms with Gasteiger partial charge in [0.1, 0.15) is 12.3 Å². The van der Waals surface area contributed by atoms with Gasteiger partial charge in [-0.2, -0.15) is 13.2 Å². The lowest BCUT2D eigenvalue weighted by Crippen LogP contribution is -2.41. The van der Waals surface area contributed by atoms with Crippen molar-refractivity contribution < 1.29 is 22.7 Å². The fraction of sp³-hybridized carbons (Fsp3) is 0.462. The highest BCUT2D eigenvalue weighted by molar-refractivity contribution is 5.70. The van der Waals surface area contributed by atoms with Crippen LogP contribution in [-0.2, 0) is 0 Å². The van der Waals surface area contributed by atoms with Crippen molar-refractivity contribution in [2.24, 2.45) is 0 Å². The zero-order valence-electron chi connectivity index (χ0n) is 10.6. The molecule has 6 heteroatoms. The Hall–Kier alpha value is -1.72. The van der Waals surface area contributed by atoms with Gasteiger partial charge in [-0.3, -0.25) is 4.90 Å². The summed E-state index contributed by atoms with van der Waals surface area (Å²) in [6, 6.07) is 8.04. The zero-order valence-corrected chi connectivity index (χ0v) is 10.6. The minimum atomic E-state index is -4.43. The molecule has 0 radical (unpaired) electrons. The van der Waals surface area contributed by atoms with Gasteiger partial charge in [0.15, 0.2) is 0 Å². The van der Waals surface area contributed by atoms with Crippen molar-refractivity contribution in [3.05, 3.63) is 30.3 Å². The number of amides is 1. The molecule has 19 heavy (non-hydrogen) atoms. The van der Waals surface area contributed by atoms with Crippen LogP contribution in [0, 0.1) is 0 Å². The number of hydrogen-bond donors (Lipinski definition) is 0. The molecule has 1 aromatic carbocycles. The monoisotopic (exact) mass is 275 g/mol. The minimum absolute atomic E-state index is 0.0294. The second kappa shape index (κ2) is 7.01. The van der Waals surface area contributed by atoms with E-state index in [1.165, 1.54) is 12.1 Å². The lowest BCUT2D eigenvalue weighted by Gasteiger charge is -2.22. The third kappa shape index (κ3) is 6.13. The van der Waals surface area contributed by atoms with Crippen molar-refractivity contribution in [2.45, 2.75) is 25.9 Å². The first-order valence-electron chi connectivity index (χ1n) is 6.01. The Balaban J connectivity index is 2.65. The molecule has 0 bridgehead atoms. The maximum absolute atomic E-state index is 12.4. The summed E-state index contributed by atoms with van der Waals surface area (Å²) >= 11 is 0. The number of nitrogens with zero attached hydrogens (tertiary/aromatic N) is 1. The number of unbranched alkanes of at least 4 members (excludes halogenated alkanes) is 1. The van der Waals surface area contributed by atoms with E-state index in [0.717, 1.165) is 0 Å². The molecule has 0 atom stereocenters. The summed E-state index contributed by atoms with van der Waals surface area (Å²) in [6.07, 6.45) is -4.20. The summed E-state index contributed by atoms with van der Waals surface area (Å²) < 4.78 is 42.1. The van der Waals surface area contributed by atoms with Crippen molar-refractivity contribution in [2.75, 3.05) is 13.1 Å². The SMILES string of the molecule is CCCCN(CC(F)(F)F)C(=O)Oc1ccccc1. The standard InChI is InChI=1S/C13H16F3NO2/c1-2-3-9-17(10-13(14,15)16)12(18)19-11-7-5-4-6-8-11/h4-8H,2-3,9-10H2,1H3. The second-order valence-corrected chi connectivity index (χ2v) is 4.07. The van der Waals surface area contributed by atoms with Crippen LogP contribution in [0.1, 0.15) is 19.8 Å². The van der Waals surface area contributed by atoms with Crippen molar-refractivity contribution >= 4 is 6.09 Å². The number of carbonyl (C=O) groups is 1. The molecule has 1 rings (SSSR count). The smallest absolute Gasteiger partial charge is 0.410 e. The van der Waals surface area contributed by atoms with E-state index in [0.29, 0.717) is 17.7 Å². The summed E-state index contributed by atoms with van der Waals surface area (Å²) in [5.41, 5.74) is 0. The van der Waals surface area contributed by atoms with Crippen LogP contribution < -0.4 is 4.74 Å². The van der Waals surface area contributed by atoms with Crippen LogP contribution in [0.4, 0.5) is 18.0 Å². The molecule has 106 valence electrons. The number of ether oxygens (including phenoxy) is 1. The van der Waals surface area contributed by atoms with E-state index in [-0.39, 0.29) is 12.3 Å². The average molecular weight is 275 g/mol. The molecule has 0 heterocycles. The third-order valence-electron chi connectivity index (χ3n) is 2.36. The Bertz CT molecular complexity index is 393. The topological polar surface area (TPSA) is 29.5 Å². The second-order valence-electron chi connectivity index (χ2n) is 4.07. The molecule has 0 unspecified atom stereocenters. The van der Waals surface area contributed by atoms with Crippen molar-refractivity contribution in [3.63, 3.8) is 0 Å². The normalized spacial score (nSPS) is 11.2. The van der Waals surface area contributed by atoms with Crippen molar-refractivity contribution in [3.8, 4) is 5.75 Å². The number of para-hydroxylation sites is 1. The number of hydrogen-bond acceptors (Lipinski definition) is 2. The van der Waals surface area contributed by atoms with E-state index >= 15 is 0 Å². The summed E-state index contributed by atoms with van der Waals surface area (Å²) in [5.74, 6) is 0.233. The van der Waals surface area contributed by atoms with Crippen LogP contribution in [0.15, 0.2) is 30.3 Å². The molecule has 0 aromatic heterocycles. The Morgan fingerprint density at radius 3 is 2.42 bits per heavy atom. The highest BCUT2D eigenvalue weighted by atomic mass is 19.4. The van der Waals surface area contributed by atoms with Gasteiger partial charge in [-0.15, -0.1) is 0 Å². The molecule has 1 aromatic rings. The molecule has 0 aliphatic heterocycles. The fourth-order valence-electron chi connectivity index (χ4n) is 1.45. The number of benzene rings is 1. The van der Waals surface area contributed by atoms with Gasteiger partial charge in [0.05, 0.1) is 0 Å². The molecule has 3 nitrogen and oxygen atoms in total. The molecule has 1 amide bonds. The zero-order chi connectivity index (χ0) is 14.3. The van der Waals surface area contributed by atoms with Gasteiger partial charge >= 0.3 is 12.3 Å². The minimum Gasteiger partial charge on any atom is -0.410 e. The van der Waals surface area contributed by atoms with Crippen molar-refractivity contribution in [1.82, 2.24) is 4.90 Å². The van der Waals surface area contributed by atoms with Crippen LogP contribution in [0.2, 0.25) is 0 Å². The molecule has 0 saturated heterocycles. The maximum atomic E-state index is 12.4. The summed E-state index contributed by atoms with van der Waals surface area (Å²) in [4.78, 5) is 12.4. The largest absolute Gasteiger partial charge is 0.415 e. The number of rotatable bonds is 5. The number of carbonyl (C=O) groups excluding carboxylic acids is 1. The lowest BCUT2D eigenvalue weighted by molar-refractivity contribution is -0.141. The van der Waals surface area contributed by atoms with Crippen LogP contribution in [-0.4, -0.2) is 30.3 Å². The first-order valence-corrected chi connectivity index (χ1v) is 6.01. The van der Waals surface area contributed by atoms with Crippen LogP contribution in [0.25, 0.3) is 0 Å². The summed E-state index contributed by atoms with van der Waals surface area (Å²) in [7, 11) is 0. The van der Waals surface area contributed by atoms with Gasteiger partial charge in [0, 0.05) is 6.54 Å². The first kappa shape index (κ1) is 15.3. The fourth-order valence-corrected chi connectivity index (χ4v) is 1.45. The molecular weight excluding hydrogens is 259 g/mol. The average Bonchev–Trinajstić information content (AvgIpc) is 2.34. The van der Waals surface area contributed by atoms with Gasteiger partial charge < -0.3 is 4.74 Å². The third-order valence-corrected chi connectivity index (χ3v) is 2.36. The summed E-state index contributed by atoms with van der Waals surface area (Å²) in [6.45, 7) is 0.578.